The van der Waals surface area contributed by atoms with E-state index >= 15 is 0 Å². The molecule has 1 aliphatic heterocycles. The second kappa shape index (κ2) is 8.64. The fourth-order valence-corrected chi connectivity index (χ4v) is 5.41. The van der Waals surface area contributed by atoms with Crippen LogP contribution in [0.15, 0.2) is 65.7 Å². The Morgan fingerprint density at radius 1 is 1.03 bits per heavy atom. The molecule has 4 rings (SSSR count). The third-order valence-electron chi connectivity index (χ3n) is 5.68. The quantitative estimate of drug-likeness (QED) is 0.639. The third-order valence-corrected chi connectivity index (χ3v) is 7.59. The molecule has 0 saturated carbocycles. The second-order valence-electron chi connectivity index (χ2n) is 7.76. The molecule has 2 aromatic carbocycles. The minimum absolute atomic E-state index is 0.221. The number of sulfonamides is 1. The van der Waals surface area contributed by atoms with Gasteiger partial charge in [-0.2, -0.15) is 9.40 Å². The molecule has 2 heterocycles. The van der Waals surface area contributed by atoms with Crippen molar-refractivity contribution in [1.82, 2.24) is 19.4 Å². The maximum atomic E-state index is 12.7. The van der Waals surface area contributed by atoms with Crippen molar-refractivity contribution < 1.29 is 13.2 Å². The Morgan fingerprint density at radius 3 is 2.32 bits per heavy atom. The Balaban J connectivity index is 1.47. The van der Waals surface area contributed by atoms with Crippen LogP contribution in [0.3, 0.4) is 0 Å². The number of nitrogens with zero attached hydrogens (tertiary/aromatic N) is 3. The minimum atomic E-state index is -3.49. The average molecular weight is 439 g/mol. The number of amides is 1. The molecule has 162 valence electrons. The number of carbonyl (C=O) groups is 1. The molecule has 0 radical (unpaired) electrons. The molecular weight excluding hydrogens is 412 g/mol. The molecule has 1 atom stereocenters. The minimum Gasteiger partial charge on any atom is -0.345 e. The lowest BCUT2D eigenvalue weighted by Crippen LogP contribution is -2.28. The summed E-state index contributed by atoms with van der Waals surface area (Å²) in [6.07, 6.45) is 3.54. The third kappa shape index (κ3) is 4.26. The summed E-state index contributed by atoms with van der Waals surface area (Å²) in [6.45, 7) is 4.98. The van der Waals surface area contributed by atoms with Crippen LogP contribution in [0, 0.1) is 6.92 Å². The van der Waals surface area contributed by atoms with E-state index in [9.17, 15) is 13.2 Å². The number of nitrogens with one attached hydrogen (secondary N) is 1. The lowest BCUT2D eigenvalue weighted by atomic mass is 10.1. The number of aromatic nitrogens is 2. The van der Waals surface area contributed by atoms with Crippen LogP contribution in [-0.2, 0) is 10.0 Å². The zero-order valence-electron chi connectivity index (χ0n) is 17.7. The van der Waals surface area contributed by atoms with Crippen LogP contribution in [-0.4, -0.2) is 41.5 Å². The molecule has 31 heavy (non-hydrogen) atoms. The lowest BCUT2D eigenvalue weighted by molar-refractivity contribution is 0.0939. The van der Waals surface area contributed by atoms with E-state index in [1.54, 1.807) is 18.3 Å². The SMILES string of the molecule is Cc1c(C(C)NC(=O)c2ccc(S(=O)(=O)N3CCCC3)cc2)cnn1-c1ccccc1. The number of hydrogen-bond acceptors (Lipinski definition) is 4. The van der Waals surface area contributed by atoms with E-state index in [0.717, 1.165) is 29.8 Å². The molecule has 1 fully saturated rings. The summed E-state index contributed by atoms with van der Waals surface area (Å²) in [7, 11) is -3.49. The number of hydrogen-bond donors (Lipinski definition) is 1. The van der Waals surface area contributed by atoms with E-state index in [1.165, 1.54) is 16.4 Å². The summed E-state index contributed by atoms with van der Waals surface area (Å²) in [5.74, 6) is -0.260. The van der Waals surface area contributed by atoms with E-state index in [4.69, 9.17) is 0 Å². The molecule has 1 aromatic heterocycles. The van der Waals surface area contributed by atoms with Crippen LogP contribution < -0.4 is 5.32 Å². The number of rotatable bonds is 6. The smallest absolute Gasteiger partial charge is 0.251 e. The summed E-state index contributed by atoms with van der Waals surface area (Å²) >= 11 is 0. The van der Waals surface area contributed by atoms with Crippen LogP contribution in [0.5, 0.6) is 0 Å². The first-order valence-corrected chi connectivity index (χ1v) is 11.8. The zero-order valence-corrected chi connectivity index (χ0v) is 18.5. The zero-order chi connectivity index (χ0) is 22.0. The van der Waals surface area contributed by atoms with Gasteiger partial charge in [-0.1, -0.05) is 18.2 Å². The molecule has 0 aliphatic carbocycles. The maximum absolute atomic E-state index is 12.7. The molecule has 8 heteroatoms. The van der Waals surface area contributed by atoms with Crippen molar-refractivity contribution in [3.05, 3.63) is 77.6 Å². The first kappa shape index (κ1) is 21.3. The Labute approximate surface area is 182 Å². The van der Waals surface area contributed by atoms with Gasteiger partial charge in [-0.05, 0) is 63.1 Å². The topological polar surface area (TPSA) is 84.3 Å². The summed E-state index contributed by atoms with van der Waals surface area (Å²) in [6, 6.07) is 15.7. The normalized spacial score (nSPS) is 15.7. The predicted molar refractivity (Wildman–Crippen MR) is 119 cm³/mol. The molecule has 1 amide bonds. The monoisotopic (exact) mass is 438 g/mol. The van der Waals surface area contributed by atoms with Gasteiger partial charge in [0.25, 0.3) is 5.91 Å². The highest BCUT2D eigenvalue weighted by Gasteiger charge is 2.27. The highest BCUT2D eigenvalue weighted by atomic mass is 32.2. The first-order chi connectivity index (χ1) is 14.9. The van der Waals surface area contributed by atoms with Gasteiger partial charge in [0.05, 0.1) is 22.8 Å². The highest BCUT2D eigenvalue weighted by molar-refractivity contribution is 7.89. The van der Waals surface area contributed by atoms with Crippen molar-refractivity contribution in [2.75, 3.05) is 13.1 Å². The number of para-hydroxylation sites is 1. The van der Waals surface area contributed by atoms with Crippen LogP contribution in [0.25, 0.3) is 5.69 Å². The van der Waals surface area contributed by atoms with E-state index in [1.807, 2.05) is 48.9 Å². The molecule has 0 spiro atoms. The van der Waals surface area contributed by atoms with Crippen LogP contribution in [0.4, 0.5) is 0 Å². The molecule has 1 unspecified atom stereocenters. The van der Waals surface area contributed by atoms with Gasteiger partial charge in [-0.15, -0.1) is 0 Å². The van der Waals surface area contributed by atoms with E-state index < -0.39 is 10.0 Å². The molecular formula is C23H26N4O3S. The lowest BCUT2D eigenvalue weighted by Gasteiger charge is -2.16. The van der Waals surface area contributed by atoms with Crippen LogP contribution in [0.2, 0.25) is 0 Å². The Bertz CT molecular complexity index is 1170. The summed E-state index contributed by atoms with van der Waals surface area (Å²) in [4.78, 5) is 13.0. The van der Waals surface area contributed by atoms with Crippen molar-refractivity contribution in [3.8, 4) is 5.69 Å². The fourth-order valence-electron chi connectivity index (χ4n) is 3.89. The molecule has 0 bridgehead atoms. The molecule has 1 aliphatic rings. The van der Waals surface area contributed by atoms with Gasteiger partial charge in [0.1, 0.15) is 0 Å². The second-order valence-corrected chi connectivity index (χ2v) is 9.70. The molecule has 1 N–H and O–H groups in total. The van der Waals surface area contributed by atoms with Gasteiger partial charge in [0.15, 0.2) is 0 Å². The van der Waals surface area contributed by atoms with Gasteiger partial charge < -0.3 is 5.32 Å². The van der Waals surface area contributed by atoms with Crippen molar-refractivity contribution in [1.29, 1.82) is 0 Å². The van der Waals surface area contributed by atoms with E-state index in [-0.39, 0.29) is 16.8 Å². The van der Waals surface area contributed by atoms with Crippen molar-refractivity contribution in [2.45, 2.75) is 37.6 Å². The Hall–Kier alpha value is -2.97. The number of benzene rings is 2. The Morgan fingerprint density at radius 2 is 1.68 bits per heavy atom. The van der Waals surface area contributed by atoms with Crippen LogP contribution >= 0.6 is 0 Å². The molecule has 3 aromatic rings. The van der Waals surface area contributed by atoms with Crippen molar-refractivity contribution in [3.63, 3.8) is 0 Å². The average Bonchev–Trinajstić information content (AvgIpc) is 3.45. The summed E-state index contributed by atoms with van der Waals surface area (Å²) in [5, 5.41) is 7.44. The molecule has 1 saturated heterocycles. The van der Waals surface area contributed by atoms with Gasteiger partial charge >= 0.3 is 0 Å². The highest BCUT2D eigenvalue weighted by Crippen LogP contribution is 2.23. The molecule has 7 nitrogen and oxygen atoms in total. The van der Waals surface area contributed by atoms with Gasteiger partial charge in [-0.25, -0.2) is 13.1 Å². The Kier molecular flexibility index (Phi) is 5.93. The maximum Gasteiger partial charge on any atom is 0.251 e. The van der Waals surface area contributed by atoms with Gasteiger partial charge in [0.2, 0.25) is 10.0 Å². The summed E-state index contributed by atoms with van der Waals surface area (Å²) in [5.41, 5.74) is 3.25. The fraction of sp³-hybridized carbons (Fsp3) is 0.304. The van der Waals surface area contributed by atoms with Gasteiger partial charge in [0, 0.05) is 29.9 Å². The number of carbonyl (C=O) groups excluding carboxylic acids is 1. The summed E-state index contributed by atoms with van der Waals surface area (Å²) < 4.78 is 28.6. The van der Waals surface area contributed by atoms with Crippen molar-refractivity contribution >= 4 is 15.9 Å². The first-order valence-electron chi connectivity index (χ1n) is 10.4. The van der Waals surface area contributed by atoms with Crippen LogP contribution in [0.1, 0.15) is 47.4 Å². The van der Waals surface area contributed by atoms with E-state index in [0.29, 0.717) is 18.7 Å². The van der Waals surface area contributed by atoms with Crippen molar-refractivity contribution in [2.24, 2.45) is 0 Å². The predicted octanol–water partition coefficient (Wildman–Crippen LogP) is 3.46. The van der Waals surface area contributed by atoms with E-state index in [2.05, 4.69) is 10.4 Å². The largest absolute Gasteiger partial charge is 0.345 e. The van der Waals surface area contributed by atoms with Gasteiger partial charge in [-0.3, -0.25) is 4.79 Å². The standard InChI is InChI=1S/C23H26N4O3S/c1-17(22-16-24-27(18(22)2)20-8-4-3-5-9-20)25-23(28)19-10-12-21(13-11-19)31(29,30)26-14-6-7-15-26/h3-5,8-13,16-17H,6-7,14-15H2,1-2H3,(H,25,28).